The fourth-order valence-corrected chi connectivity index (χ4v) is 7.96. The van der Waals surface area contributed by atoms with Gasteiger partial charge in [0.2, 0.25) is 5.91 Å². The monoisotopic (exact) mass is 950 g/mol. The molecule has 9 N–H and O–H groups in total. The fourth-order valence-electron chi connectivity index (χ4n) is 7.96. The summed E-state index contributed by atoms with van der Waals surface area (Å²) in [5.74, 6) is -0.332. The minimum absolute atomic E-state index is 0.149. The van der Waals surface area contributed by atoms with Gasteiger partial charge in [-0.1, -0.05) is 170 Å². The molecule has 386 valence electrons. The number of rotatable bonds is 38. The summed E-state index contributed by atoms with van der Waals surface area (Å²) < 4.78 is 22.6. The van der Waals surface area contributed by atoms with E-state index in [1.807, 2.05) is 18.2 Å². The van der Waals surface area contributed by atoms with Gasteiger partial charge in [0.15, 0.2) is 12.6 Å². The normalized spacial score (nSPS) is 27.2. The average molecular weight is 950 g/mol. The number of aliphatic hydroxyl groups is 8. The predicted octanol–water partition coefficient (Wildman–Crippen LogP) is 6.82. The van der Waals surface area contributed by atoms with Crippen molar-refractivity contribution in [3.63, 3.8) is 0 Å². The molecule has 2 aliphatic rings. The van der Waals surface area contributed by atoms with Gasteiger partial charge < -0.3 is 65.1 Å². The largest absolute Gasteiger partial charge is 0.394 e. The van der Waals surface area contributed by atoms with Gasteiger partial charge in [0.25, 0.3) is 0 Å². The molecule has 12 atom stereocenters. The molecule has 67 heavy (non-hydrogen) atoms. The minimum Gasteiger partial charge on any atom is -0.394 e. The third kappa shape index (κ3) is 26.3. The lowest BCUT2D eigenvalue weighted by Crippen LogP contribution is -2.65. The third-order valence-corrected chi connectivity index (χ3v) is 12.1. The number of unbranched alkanes of at least 4 members (excludes halogenated alkanes) is 15. The second-order valence-electron chi connectivity index (χ2n) is 17.9. The maximum Gasteiger partial charge on any atom is 0.220 e. The molecule has 2 fully saturated rings. The summed E-state index contributed by atoms with van der Waals surface area (Å²) in [5, 5.41) is 86.6. The van der Waals surface area contributed by atoms with Crippen molar-refractivity contribution in [2.45, 2.75) is 235 Å². The molecular formula is C53H91NO13. The zero-order valence-electron chi connectivity index (χ0n) is 40.9. The molecule has 2 aliphatic heterocycles. The number of amides is 1. The third-order valence-electron chi connectivity index (χ3n) is 12.1. The molecule has 0 aromatic heterocycles. The Kier molecular flexibility index (Phi) is 35.4. The number of allylic oxidation sites excluding steroid dienone is 11. The van der Waals surface area contributed by atoms with E-state index in [9.17, 15) is 45.6 Å². The van der Waals surface area contributed by atoms with E-state index in [1.165, 1.54) is 89.9 Å². The highest BCUT2D eigenvalue weighted by atomic mass is 16.7. The lowest BCUT2D eigenvalue weighted by atomic mass is 9.97. The molecule has 0 aromatic carbocycles. The number of hydrogen-bond donors (Lipinski definition) is 9. The molecule has 14 nitrogen and oxygen atoms in total. The van der Waals surface area contributed by atoms with Crippen LogP contribution in [-0.4, -0.2) is 140 Å². The van der Waals surface area contributed by atoms with Crippen LogP contribution in [0.2, 0.25) is 0 Å². The lowest BCUT2D eigenvalue weighted by molar-refractivity contribution is -0.359. The van der Waals surface area contributed by atoms with Crippen LogP contribution in [0.4, 0.5) is 0 Å². The van der Waals surface area contributed by atoms with Crippen LogP contribution >= 0.6 is 0 Å². The second kappa shape index (κ2) is 39.2. The van der Waals surface area contributed by atoms with Gasteiger partial charge in [0.05, 0.1) is 32.0 Å². The number of aliphatic hydroxyl groups excluding tert-OH is 8. The molecular weight excluding hydrogens is 859 g/mol. The Morgan fingerprint density at radius 2 is 1.04 bits per heavy atom. The Balaban J connectivity index is 1.88. The van der Waals surface area contributed by atoms with E-state index in [1.54, 1.807) is 6.08 Å². The summed E-state index contributed by atoms with van der Waals surface area (Å²) in [6.07, 6.45) is 32.5. The first kappa shape index (κ1) is 60.6. The number of carbonyl (C=O) groups is 1. The molecule has 0 saturated carbocycles. The van der Waals surface area contributed by atoms with Crippen LogP contribution in [0, 0.1) is 0 Å². The van der Waals surface area contributed by atoms with Crippen molar-refractivity contribution in [1.82, 2.24) is 5.32 Å². The van der Waals surface area contributed by atoms with Crippen LogP contribution in [0.3, 0.4) is 0 Å². The van der Waals surface area contributed by atoms with Gasteiger partial charge in [-0.25, -0.2) is 0 Å². The number of carbonyl (C=O) groups excluding carboxylic acids is 1. The summed E-state index contributed by atoms with van der Waals surface area (Å²) in [6.45, 7) is 2.58. The summed E-state index contributed by atoms with van der Waals surface area (Å²) in [6, 6.07) is -0.972. The molecule has 2 rings (SSSR count). The molecule has 0 bridgehead atoms. The maximum atomic E-state index is 13.1. The minimum atomic E-state index is -1.80. The van der Waals surface area contributed by atoms with Crippen LogP contribution in [0.25, 0.3) is 0 Å². The van der Waals surface area contributed by atoms with Crippen LogP contribution in [0.15, 0.2) is 72.9 Å². The van der Waals surface area contributed by atoms with E-state index in [-0.39, 0.29) is 18.9 Å². The zero-order chi connectivity index (χ0) is 48.9. The van der Waals surface area contributed by atoms with Crippen molar-refractivity contribution in [2.75, 3.05) is 19.8 Å². The summed E-state index contributed by atoms with van der Waals surface area (Å²) in [5.41, 5.74) is 0. The summed E-state index contributed by atoms with van der Waals surface area (Å²) >= 11 is 0. The molecule has 0 aliphatic carbocycles. The van der Waals surface area contributed by atoms with Crippen molar-refractivity contribution in [2.24, 2.45) is 0 Å². The van der Waals surface area contributed by atoms with Crippen molar-refractivity contribution in [3.05, 3.63) is 72.9 Å². The van der Waals surface area contributed by atoms with Gasteiger partial charge >= 0.3 is 0 Å². The van der Waals surface area contributed by atoms with Crippen LogP contribution < -0.4 is 5.32 Å². The van der Waals surface area contributed by atoms with E-state index in [0.717, 1.165) is 38.5 Å². The summed E-state index contributed by atoms with van der Waals surface area (Å²) in [4.78, 5) is 13.1. The predicted molar refractivity (Wildman–Crippen MR) is 263 cm³/mol. The quantitative estimate of drug-likeness (QED) is 0.0229. The SMILES string of the molecule is CC/C=C\C/C=C\C/C=C\C/C=C\CCC(=O)NC(COC1OC(CO)C(OC2OC(CO)C(O)C(O)C2O)C(O)C1O)C(O)/C=C/CC/C=C/CCCCCCCCCCCCCCCC. The first-order chi connectivity index (χ1) is 32.6. The Morgan fingerprint density at radius 3 is 1.63 bits per heavy atom. The molecule has 0 radical (unpaired) electrons. The summed E-state index contributed by atoms with van der Waals surface area (Å²) in [7, 11) is 0. The Morgan fingerprint density at radius 1 is 0.552 bits per heavy atom. The lowest BCUT2D eigenvalue weighted by Gasteiger charge is -2.46. The van der Waals surface area contributed by atoms with E-state index < -0.39 is 86.8 Å². The van der Waals surface area contributed by atoms with E-state index >= 15 is 0 Å². The van der Waals surface area contributed by atoms with Gasteiger partial charge in [-0.15, -0.1) is 0 Å². The number of hydrogen-bond acceptors (Lipinski definition) is 13. The van der Waals surface area contributed by atoms with E-state index in [0.29, 0.717) is 12.8 Å². The maximum absolute atomic E-state index is 13.1. The molecule has 0 aromatic rings. The molecule has 1 amide bonds. The second-order valence-corrected chi connectivity index (χ2v) is 17.9. The molecule has 14 heteroatoms. The van der Waals surface area contributed by atoms with E-state index in [2.05, 4.69) is 67.8 Å². The Bertz CT molecular complexity index is 1400. The van der Waals surface area contributed by atoms with Crippen LogP contribution in [-0.2, 0) is 23.7 Å². The topological polar surface area (TPSA) is 228 Å². The molecule has 2 heterocycles. The van der Waals surface area contributed by atoms with Crippen LogP contribution in [0.5, 0.6) is 0 Å². The zero-order valence-corrected chi connectivity index (χ0v) is 40.9. The first-order valence-corrected chi connectivity index (χ1v) is 25.7. The van der Waals surface area contributed by atoms with Crippen molar-refractivity contribution >= 4 is 5.91 Å². The van der Waals surface area contributed by atoms with Crippen molar-refractivity contribution in [3.8, 4) is 0 Å². The van der Waals surface area contributed by atoms with Crippen molar-refractivity contribution in [1.29, 1.82) is 0 Å². The highest BCUT2D eigenvalue weighted by Crippen LogP contribution is 2.30. The van der Waals surface area contributed by atoms with Gasteiger partial charge in [0, 0.05) is 6.42 Å². The Labute approximate surface area is 402 Å². The van der Waals surface area contributed by atoms with Crippen molar-refractivity contribution < 1.29 is 64.6 Å². The standard InChI is InChI=1S/C53H91NO13/c1-3-5-7-9-11-13-15-17-18-19-20-21-22-23-25-26-28-30-32-34-36-42(57)41(54-45(58)37-35-33-31-29-27-24-16-14-12-10-8-6-4-2)40-64-52-50(63)48(61)51(44(39-56)66-52)67-53-49(62)47(60)46(59)43(38-55)65-53/h6,8,12,14,24,26-28,31,33-34,36,41-44,46-53,55-57,59-63H,3-5,7,9-11,13,15-23,25,29-30,32,35,37-40H2,1-2H3,(H,54,58)/b8-6-,14-12-,27-24-,28-26+,33-31-,36-34+. The smallest absolute Gasteiger partial charge is 0.220 e. The molecule has 0 spiro atoms. The average Bonchev–Trinajstić information content (AvgIpc) is 3.32. The Hall–Kier alpha value is -2.57. The molecule has 12 unspecified atom stereocenters. The first-order valence-electron chi connectivity index (χ1n) is 25.7. The van der Waals surface area contributed by atoms with Gasteiger partial charge in [0.1, 0.15) is 48.8 Å². The van der Waals surface area contributed by atoms with Gasteiger partial charge in [-0.3, -0.25) is 4.79 Å². The van der Waals surface area contributed by atoms with Gasteiger partial charge in [-0.05, 0) is 57.8 Å². The highest BCUT2D eigenvalue weighted by Gasteiger charge is 2.51. The van der Waals surface area contributed by atoms with Crippen LogP contribution in [0.1, 0.15) is 162 Å². The van der Waals surface area contributed by atoms with E-state index in [4.69, 9.17) is 18.9 Å². The van der Waals surface area contributed by atoms with Gasteiger partial charge in [-0.2, -0.15) is 0 Å². The molecule has 2 saturated heterocycles. The number of ether oxygens (including phenoxy) is 4. The number of nitrogens with one attached hydrogen (secondary N) is 1. The fraction of sp³-hybridized carbons (Fsp3) is 0.755. The highest BCUT2D eigenvalue weighted by molar-refractivity contribution is 5.76.